The van der Waals surface area contributed by atoms with Gasteiger partial charge in [-0.3, -0.25) is 9.58 Å². The van der Waals surface area contributed by atoms with Crippen molar-refractivity contribution in [3.63, 3.8) is 0 Å². The maximum absolute atomic E-state index is 4.58. The first-order chi connectivity index (χ1) is 11.8. The minimum absolute atomic E-state index is 0. The lowest BCUT2D eigenvalue weighted by molar-refractivity contribution is 0.260. The normalized spacial score (nSPS) is 14.7. The molecule has 3 rings (SSSR count). The van der Waals surface area contributed by atoms with E-state index in [4.69, 9.17) is 0 Å². The molecule has 0 aromatic carbocycles. The SMILES string of the molecule is CCNC(=NCc1ncnn1C)NCCN1CCc2sccc2C1.I. The molecule has 0 spiro atoms. The molecule has 25 heavy (non-hydrogen) atoms. The first-order valence-corrected chi connectivity index (χ1v) is 9.27. The molecule has 2 N–H and O–H groups in total. The molecule has 0 unspecified atom stereocenters. The van der Waals surface area contributed by atoms with Crippen molar-refractivity contribution in [2.75, 3.05) is 26.2 Å². The topological polar surface area (TPSA) is 70.4 Å². The van der Waals surface area contributed by atoms with E-state index < -0.39 is 0 Å². The summed E-state index contributed by atoms with van der Waals surface area (Å²) in [7, 11) is 1.88. The quantitative estimate of drug-likeness (QED) is 0.378. The summed E-state index contributed by atoms with van der Waals surface area (Å²) in [5, 5.41) is 13.0. The van der Waals surface area contributed by atoms with Crippen LogP contribution in [0.3, 0.4) is 0 Å². The molecule has 2 aromatic rings. The van der Waals surface area contributed by atoms with Crippen molar-refractivity contribution < 1.29 is 0 Å². The number of hydrogen-bond donors (Lipinski definition) is 2. The number of aromatic nitrogens is 3. The van der Waals surface area contributed by atoms with E-state index in [1.54, 1.807) is 15.9 Å². The average Bonchev–Trinajstić information content (AvgIpc) is 3.21. The Morgan fingerprint density at radius 2 is 2.28 bits per heavy atom. The molecule has 0 atom stereocenters. The smallest absolute Gasteiger partial charge is 0.191 e. The molecular weight excluding hydrogens is 449 g/mol. The number of aliphatic imine (C=N–C) groups is 1. The van der Waals surface area contributed by atoms with Crippen LogP contribution in [0.25, 0.3) is 0 Å². The van der Waals surface area contributed by atoms with Crippen LogP contribution in [-0.4, -0.2) is 51.8 Å². The van der Waals surface area contributed by atoms with Gasteiger partial charge in [-0.2, -0.15) is 5.10 Å². The maximum atomic E-state index is 4.58. The number of fused-ring (bicyclic) bond motifs is 1. The highest BCUT2D eigenvalue weighted by Crippen LogP contribution is 2.23. The van der Waals surface area contributed by atoms with Gasteiger partial charge >= 0.3 is 0 Å². The van der Waals surface area contributed by atoms with E-state index in [1.165, 1.54) is 12.0 Å². The monoisotopic (exact) mass is 475 g/mol. The Balaban J connectivity index is 0.00000225. The fraction of sp³-hybridized carbons (Fsp3) is 0.562. The van der Waals surface area contributed by atoms with E-state index >= 15 is 0 Å². The zero-order valence-electron chi connectivity index (χ0n) is 14.7. The number of nitrogens with one attached hydrogen (secondary N) is 2. The Kier molecular flexibility index (Phi) is 8.10. The van der Waals surface area contributed by atoms with Gasteiger partial charge in [0.2, 0.25) is 0 Å². The van der Waals surface area contributed by atoms with Gasteiger partial charge in [0.1, 0.15) is 18.7 Å². The highest BCUT2D eigenvalue weighted by Gasteiger charge is 2.16. The predicted molar refractivity (Wildman–Crippen MR) is 113 cm³/mol. The van der Waals surface area contributed by atoms with Gasteiger partial charge in [0.15, 0.2) is 5.96 Å². The fourth-order valence-corrected chi connectivity index (χ4v) is 3.67. The minimum Gasteiger partial charge on any atom is -0.357 e. The molecule has 0 fully saturated rings. The summed E-state index contributed by atoms with van der Waals surface area (Å²) in [6.07, 6.45) is 2.73. The first-order valence-electron chi connectivity index (χ1n) is 8.39. The van der Waals surface area contributed by atoms with Gasteiger partial charge < -0.3 is 10.6 Å². The molecule has 0 aliphatic carbocycles. The largest absolute Gasteiger partial charge is 0.357 e. The standard InChI is InChI=1S/C16H25N7S.HI/c1-3-17-16(19-10-15-20-12-21-22(15)2)18-6-8-23-7-4-14-13(11-23)5-9-24-14;/h5,9,12H,3-4,6-8,10-11H2,1-2H3,(H2,17,18,19);1H. The van der Waals surface area contributed by atoms with Crippen LogP contribution in [0.5, 0.6) is 0 Å². The molecule has 138 valence electrons. The van der Waals surface area contributed by atoms with Gasteiger partial charge in [-0.15, -0.1) is 35.3 Å². The molecule has 0 radical (unpaired) electrons. The van der Waals surface area contributed by atoms with E-state index in [9.17, 15) is 0 Å². The Labute approximate surface area is 169 Å². The van der Waals surface area contributed by atoms with E-state index in [-0.39, 0.29) is 24.0 Å². The lowest BCUT2D eigenvalue weighted by Crippen LogP contribution is -2.42. The molecule has 0 bridgehead atoms. The average molecular weight is 475 g/mol. The Bertz CT molecular complexity index is 682. The second-order valence-electron chi connectivity index (χ2n) is 5.82. The van der Waals surface area contributed by atoms with E-state index in [2.05, 4.69) is 49.0 Å². The summed E-state index contributed by atoms with van der Waals surface area (Å²) in [5.41, 5.74) is 1.49. The van der Waals surface area contributed by atoms with E-state index in [1.807, 2.05) is 18.4 Å². The predicted octanol–water partition coefficient (Wildman–Crippen LogP) is 1.61. The van der Waals surface area contributed by atoms with E-state index in [0.29, 0.717) is 6.54 Å². The van der Waals surface area contributed by atoms with Crippen molar-refractivity contribution in [2.24, 2.45) is 12.0 Å². The Morgan fingerprint density at radius 1 is 1.40 bits per heavy atom. The molecule has 9 heteroatoms. The summed E-state index contributed by atoms with van der Waals surface area (Å²) < 4.78 is 1.75. The summed E-state index contributed by atoms with van der Waals surface area (Å²) in [6.45, 7) is 7.53. The highest BCUT2D eigenvalue weighted by molar-refractivity contribution is 14.0. The van der Waals surface area contributed by atoms with Gasteiger partial charge in [-0.05, 0) is 30.4 Å². The van der Waals surface area contributed by atoms with Crippen molar-refractivity contribution >= 4 is 41.3 Å². The summed E-state index contributed by atoms with van der Waals surface area (Å²) >= 11 is 1.88. The Morgan fingerprint density at radius 3 is 3.04 bits per heavy atom. The van der Waals surface area contributed by atoms with Gasteiger partial charge in [0, 0.05) is 44.6 Å². The van der Waals surface area contributed by atoms with Crippen LogP contribution >= 0.6 is 35.3 Å². The molecule has 3 heterocycles. The number of aryl methyl sites for hydroxylation is 1. The number of hydrogen-bond acceptors (Lipinski definition) is 5. The van der Waals surface area contributed by atoms with Crippen LogP contribution in [0.2, 0.25) is 0 Å². The summed E-state index contributed by atoms with van der Waals surface area (Å²) in [4.78, 5) is 12.8. The summed E-state index contributed by atoms with van der Waals surface area (Å²) in [6, 6.07) is 2.26. The number of rotatable bonds is 6. The van der Waals surface area contributed by atoms with Gasteiger partial charge in [0.05, 0.1) is 0 Å². The maximum Gasteiger partial charge on any atom is 0.191 e. The third-order valence-electron chi connectivity index (χ3n) is 4.14. The van der Waals surface area contributed by atoms with Gasteiger partial charge in [-0.25, -0.2) is 9.98 Å². The number of guanidine groups is 1. The molecule has 2 aromatic heterocycles. The van der Waals surface area contributed by atoms with Crippen molar-refractivity contribution in [2.45, 2.75) is 26.4 Å². The van der Waals surface area contributed by atoms with Crippen LogP contribution < -0.4 is 10.6 Å². The lowest BCUT2D eigenvalue weighted by atomic mass is 10.1. The van der Waals surface area contributed by atoms with Crippen LogP contribution in [-0.2, 0) is 26.6 Å². The van der Waals surface area contributed by atoms with Crippen LogP contribution in [0, 0.1) is 0 Å². The molecule has 7 nitrogen and oxygen atoms in total. The van der Waals surface area contributed by atoms with Crippen LogP contribution in [0.15, 0.2) is 22.8 Å². The molecule has 0 saturated carbocycles. The second-order valence-corrected chi connectivity index (χ2v) is 6.82. The van der Waals surface area contributed by atoms with Gasteiger partial charge in [0.25, 0.3) is 0 Å². The zero-order chi connectivity index (χ0) is 16.8. The fourth-order valence-electron chi connectivity index (χ4n) is 2.78. The second kappa shape index (κ2) is 10.1. The van der Waals surface area contributed by atoms with E-state index in [0.717, 1.165) is 44.5 Å². The number of nitrogens with zero attached hydrogens (tertiary/aromatic N) is 5. The highest BCUT2D eigenvalue weighted by atomic mass is 127. The third kappa shape index (κ3) is 5.65. The van der Waals surface area contributed by atoms with Crippen molar-refractivity contribution in [1.82, 2.24) is 30.3 Å². The van der Waals surface area contributed by atoms with Crippen molar-refractivity contribution in [3.05, 3.63) is 34.0 Å². The molecule has 0 saturated heterocycles. The minimum atomic E-state index is 0. The first kappa shape index (κ1) is 20.1. The van der Waals surface area contributed by atoms with Crippen LogP contribution in [0.1, 0.15) is 23.2 Å². The van der Waals surface area contributed by atoms with Gasteiger partial charge in [-0.1, -0.05) is 0 Å². The molecule has 1 aliphatic heterocycles. The zero-order valence-corrected chi connectivity index (χ0v) is 17.9. The van der Waals surface area contributed by atoms with Crippen LogP contribution in [0.4, 0.5) is 0 Å². The molecule has 1 aliphatic rings. The van der Waals surface area contributed by atoms with Crippen molar-refractivity contribution in [3.8, 4) is 0 Å². The molecular formula is C16H26IN7S. The van der Waals surface area contributed by atoms with Crippen molar-refractivity contribution in [1.29, 1.82) is 0 Å². The Hall–Kier alpha value is -1.20. The number of thiophene rings is 1. The molecule has 0 amide bonds. The third-order valence-corrected chi connectivity index (χ3v) is 5.16. The number of halogens is 1. The summed E-state index contributed by atoms with van der Waals surface area (Å²) in [5.74, 6) is 1.68. The lowest BCUT2D eigenvalue weighted by Gasteiger charge is -2.27.